The van der Waals surface area contributed by atoms with Gasteiger partial charge in [-0.15, -0.1) is 0 Å². The van der Waals surface area contributed by atoms with Crippen molar-refractivity contribution in [3.8, 4) is 0 Å². The van der Waals surface area contributed by atoms with Crippen LogP contribution >= 0.6 is 0 Å². The maximum atomic E-state index is 11.3. The summed E-state index contributed by atoms with van der Waals surface area (Å²) in [6.45, 7) is 6.99. The standard InChI is InChI=1S/C17H21N5O/c1-10(2)9-22-14(8-19-11(3)23)21-15-16(22)12-6-4-5-7-13(12)20-17(15)18/h4-7,10H,8-9H2,1-3H3,(H2,18,20)(H,19,23). The van der Waals surface area contributed by atoms with E-state index in [0.717, 1.165) is 28.8 Å². The third-order valence-electron chi connectivity index (χ3n) is 3.73. The van der Waals surface area contributed by atoms with Crippen molar-refractivity contribution >= 4 is 33.7 Å². The number of anilines is 1. The first-order chi connectivity index (χ1) is 11.0. The smallest absolute Gasteiger partial charge is 0.217 e. The predicted molar refractivity (Wildman–Crippen MR) is 91.8 cm³/mol. The van der Waals surface area contributed by atoms with Gasteiger partial charge in [0.1, 0.15) is 11.3 Å². The molecule has 0 aliphatic carbocycles. The maximum absolute atomic E-state index is 11.3. The fourth-order valence-electron chi connectivity index (χ4n) is 2.81. The first kappa shape index (κ1) is 15.3. The lowest BCUT2D eigenvalue weighted by Crippen LogP contribution is -2.22. The fraction of sp³-hybridized carbons (Fsp3) is 0.353. The van der Waals surface area contributed by atoms with Gasteiger partial charge in [0.2, 0.25) is 5.91 Å². The Morgan fingerprint density at radius 1 is 1.30 bits per heavy atom. The second-order valence-electron chi connectivity index (χ2n) is 6.15. The summed E-state index contributed by atoms with van der Waals surface area (Å²) in [5.41, 5.74) is 8.66. The molecule has 0 atom stereocenters. The van der Waals surface area contributed by atoms with Crippen molar-refractivity contribution in [3.63, 3.8) is 0 Å². The zero-order valence-electron chi connectivity index (χ0n) is 13.6. The molecule has 1 amide bonds. The molecule has 3 aromatic rings. The molecule has 3 N–H and O–H groups in total. The molecule has 0 aliphatic rings. The maximum Gasteiger partial charge on any atom is 0.217 e. The minimum atomic E-state index is -0.0795. The number of nitrogens with one attached hydrogen (secondary N) is 1. The van der Waals surface area contributed by atoms with E-state index in [2.05, 4.69) is 33.7 Å². The van der Waals surface area contributed by atoms with Crippen LogP contribution in [0, 0.1) is 5.92 Å². The second kappa shape index (κ2) is 5.87. The Hall–Kier alpha value is -2.63. The van der Waals surface area contributed by atoms with Gasteiger partial charge in [0.05, 0.1) is 17.6 Å². The van der Waals surface area contributed by atoms with Gasteiger partial charge >= 0.3 is 0 Å². The van der Waals surface area contributed by atoms with E-state index in [4.69, 9.17) is 5.73 Å². The highest BCUT2D eigenvalue weighted by atomic mass is 16.1. The van der Waals surface area contributed by atoms with Crippen LogP contribution in [0.2, 0.25) is 0 Å². The molecule has 6 heteroatoms. The number of pyridine rings is 1. The zero-order chi connectivity index (χ0) is 16.6. The largest absolute Gasteiger partial charge is 0.382 e. The summed E-state index contributed by atoms with van der Waals surface area (Å²) < 4.78 is 2.15. The number of benzene rings is 1. The Bertz CT molecular complexity index is 881. The van der Waals surface area contributed by atoms with Crippen LogP contribution < -0.4 is 11.1 Å². The average molecular weight is 311 g/mol. The Labute approximate surface area is 134 Å². The number of imidazole rings is 1. The van der Waals surface area contributed by atoms with Gasteiger partial charge in [0, 0.05) is 18.9 Å². The number of hydrogen-bond donors (Lipinski definition) is 2. The average Bonchev–Trinajstić information content (AvgIpc) is 2.84. The van der Waals surface area contributed by atoms with Gasteiger partial charge in [-0.25, -0.2) is 9.97 Å². The number of aromatic nitrogens is 3. The molecule has 1 aromatic carbocycles. The molecule has 2 heterocycles. The molecule has 0 unspecified atom stereocenters. The van der Waals surface area contributed by atoms with Crippen molar-refractivity contribution in [1.29, 1.82) is 0 Å². The number of carbonyl (C=O) groups excluding carboxylic acids is 1. The lowest BCUT2D eigenvalue weighted by Gasteiger charge is -2.13. The van der Waals surface area contributed by atoms with Gasteiger partial charge in [0.25, 0.3) is 0 Å². The number of nitrogen functional groups attached to an aromatic ring is 1. The Balaban J connectivity index is 2.29. The van der Waals surface area contributed by atoms with Gasteiger partial charge < -0.3 is 15.6 Å². The summed E-state index contributed by atoms with van der Waals surface area (Å²) in [5.74, 6) is 1.58. The van der Waals surface area contributed by atoms with Crippen LogP contribution in [0.3, 0.4) is 0 Å². The lowest BCUT2D eigenvalue weighted by molar-refractivity contribution is -0.119. The topological polar surface area (TPSA) is 85.8 Å². The van der Waals surface area contributed by atoms with Crippen molar-refractivity contribution in [3.05, 3.63) is 30.1 Å². The highest BCUT2D eigenvalue weighted by molar-refractivity contribution is 6.06. The number of nitrogens with two attached hydrogens (primary N) is 1. The Morgan fingerprint density at radius 3 is 2.74 bits per heavy atom. The first-order valence-electron chi connectivity index (χ1n) is 7.75. The minimum absolute atomic E-state index is 0.0795. The molecule has 2 aromatic heterocycles. The Morgan fingerprint density at radius 2 is 2.04 bits per heavy atom. The molecular weight excluding hydrogens is 290 g/mol. The molecule has 0 radical (unpaired) electrons. The first-order valence-corrected chi connectivity index (χ1v) is 7.75. The molecule has 0 saturated heterocycles. The molecular formula is C17H21N5O. The third kappa shape index (κ3) is 2.84. The van der Waals surface area contributed by atoms with Crippen LogP contribution in [0.5, 0.6) is 0 Å². The van der Waals surface area contributed by atoms with Crippen LogP contribution in [0.25, 0.3) is 21.9 Å². The zero-order valence-corrected chi connectivity index (χ0v) is 13.6. The number of para-hydroxylation sites is 1. The number of carbonyl (C=O) groups is 1. The van der Waals surface area contributed by atoms with Crippen molar-refractivity contribution in [2.45, 2.75) is 33.9 Å². The van der Waals surface area contributed by atoms with E-state index in [1.165, 1.54) is 6.92 Å². The van der Waals surface area contributed by atoms with E-state index < -0.39 is 0 Å². The summed E-state index contributed by atoms with van der Waals surface area (Å²) >= 11 is 0. The molecule has 0 bridgehead atoms. The van der Waals surface area contributed by atoms with Crippen molar-refractivity contribution in [2.75, 3.05) is 5.73 Å². The summed E-state index contributed by atoms with van der Waals surface area (Å²) in [7, 11) is 0. The third-order valence-corrected chi connectivity index (χ3v) is 3.73. The van der Waals surface area contributed by atoms with Crippen LogP contribution in [-0.4, -0.2) is 20.4 Å². The highest BCUT2D eigenvalue weighted by Crippen LogP contribution is 2.29. The van der Waals surface area contributed by atoms with Crippen molar-refractivity contribution in [1.82, 2.24) is 19.9 Å². The molecule has 0 fully saturated rings. The number of hydrogen-bond acceptors (Lipinski definition) is 4. The van der Waals surface area contributed by atoms with Crippen molar-refractivity contribution in [2.24, 2.45) is 5.92 Å². The van der Waals surface area contributed by atoms with E-state index in [1.807, 2.05) is 24.3 Å². The quantitative estimate of drug-likeness (QED) is 0.775. The fourth-order valence-corrected chi connectivity index (χ4v) is 2.81. The normalized spacial score (nSPS) is 11.5. The number of amides is 1. The van der Waals surface area contributed by atoms with E-state index in [0.29, 0.717) is 23.8 Å². The molecule has 0 aliphatic heterocycles. The Kier molecular flexibility index (Phi) is 3.90. The van der Waals surface area contributed by atoms with Crippen LogP contribution in [0.4, 0.5) is 5.82 Å². The summed E-state index contributed by atoms with van der Waals surface area (Å²) in [6, 6.07) is 7.91. The molecule has 0 saturated carbocycles. The number of fused-ring (bicyclic) bond motifs is 3. The van der Waals surface area contributed by atoms with Gasteiger partial charge in [-0.05, 0) is 12.0 Å². The van der Waals surface area contributed by atoms with Crippen LogP contribution in [0.15, 0.2) is 24.3 Å². The highest BCUT2D eigenvalue weighted by Gasteiger charge is 2.17. The van der Waals surface area contributed by atoms with Gasteiger partial charge in [-0.3, -0.25) is 4.79 Å². The van der Waals surface area contributed by atoms with E-state index in [9.17, 15) is 4.79 Å². The van der Waals surface area contributed by atoms with Crippen LogP contribution in [0.1, 0.15) is 26.6 Å². The molecule has 3 rings (SSSR count). The van der Waals surface area contributed by atoms with Gasteiger partial charge in [-0.2, -0.15) is 0 Å². The summed E-state index contributed by atoms with van der Waals surface area (Å²) in [6.07, 6.45) is 0. The number of rotatable bonds is 4. The van der Waals surface area contributed by atoms with E-state index in [1.54, 1.807) is 0 Å². The van der Waals surface area contributed by atoms with Crippen molar-refractivity contribution < 1.29 is 4.79 Å². The molecule has 6 nitrogen and oxygen atoms in total. The SMILES string of the molecule is CC(=O)NCc1nc2c(N)nc3ccccc3c2n1CC(C)C. The molecule has 23 heavy (non-hydrogen) atoms. The predicted octanol–water partition coefficient (Wildman–Crippen LogP) is 2.46. The molecule has 120 valence electrons. The van der Waals surface area contributed by atoms with E-state index >= 15 is 0 Å². The number of nitrogens with zero attached hydrogens (tertiary/aromatic N) is 3. The monoisotopic (exact) mass is 311 g/mol. The second-order valence-corrected chi connectivity index (χ2v) is 6.15. The van der Waals surface area contributed by atoms with Gasteiger partial charge in [-0.1, -0.05) is 32.0 Å². The van der Waals surface area contributed by atoms with Gasteiger partial charge in [0.15, 0.2) is 5.82 Å². The van der Waals surface area contributed by atoms with E-state index in [-0.39, 0.29) is 5.91 Å². The summed E-state index contributed by atoms with van der Waals surface area (Å²) in [4.78, 5) is 20.4. The van der Waals surface area contributed by atoms with Crippen LogP contribution in [-0.2, 0) is 17.9 Å². The summed E-state index contributed by atoms with van der Waals surface area (Å²) in [5, 5.41) is 3.85. The molecule has 0 spiro atoms. The lowest BCUT2D eigenvalue weighted by atomic mass is 10.1. The minimum Gasteiger partial charge on any atom is -0.382 e.